The van der Waals surface area contributed by atoms with Gasteiger partial charge in [-0.1, -0.05) is 44.2 Å². The zero-order valence-electron chi connectivity index (χ0n) is 17.2. The van der Waals surface area contributed by atoms with Gasteiger partial charge in [-0.15, -0.1) is 0 Å². The molecule has 0 saturated heterocycles. The van der Waals surface area contributed by atoms with E-state index in [1.165, 1.54) is 25.3 Å². The van der Waals surface area contributed by atoms with Crippen molar-refractivity contribution in [1.82, 2.24) is 19.6 Å². The maximum Gasteiger partial charge on any atom is 0.433 e. The molecular formula is C21H18F3N5O3. The molecular weight excluding hydrogens is 427 g/mol. The summed E-state index contributed by atoms with van der Waals surface area (Å²) in [7, 11) is 0. The maximum absolute atomic E-state index is 13.7. The first-order chi connectivity index (χ1) is 15.1. The molecule has 11 heteroatoms. The number of rotatable bonds is 4. The van der Waals surface area contributed by atoms with Crippen LogP contribution < -0.4 is 10.9 Å². The Hall–Kier alpha value is -3.89. The van der Waals surface area contributed by atoms with E-state index < -0.39 is 28.9 Å². The Morgan fingerprint density at radius 1 is 1.19 bits per heavy atom. The van der Waals surface area contributed by atoms with E-state index in [2.05, 4.69) is 20.4 Å². The van der Waals surface area contributed by atoms with Crippen LogP contribution in [0.5, 0.6) is 0 Å². The lowest BCUT2D eigenvalue weighted by Gasteiger charge is -2.07. The number of nitrogens with zero attached hydrogens (tertiary/aromatic N) is 3. The molecule has 4 aromatic rings. The summed E-state index contributed by atoms with van der Waals surface area (Å²) in [5.74, 6) is -0.845. The van der Waals surface area contributed by atoms with Gasteiger partial charge < -0.3 is 4.42 Å². The number of H-pyrrole nitrogens is 1. The van der Waals surface area contributed by atoms with Gasteiger partial charge in [-0.25, -0.2) is 4.98 Å². The van der Waals surface area contributed by atoms with Crippen molar-refractivity contribution < 1.29 is 22.4 Å². The van der Waals surface area contributed by atoms with E-state index >= 15 is 0 Å². The Bertz CT molecular complexity index is 1370. The number of halogens is 3. The van der Waals surface area contributed by atoms with Crippen LogP contribution >= 0.6 is 0 Å². The third-order valence-corrected chi connectivity index (χ3v) is 4.87. The molecule has 0 spiro atoms. The van der Waals surface area contributed by atoms with Crippen LogP contribution in [-0.2, 0) is 6.18 Å². The van der Waals surface area contributed by atoms with Gasteiger partial charge >= 0.3 is 12.2 Å². The highest BCUT2D eigenvalue weighted by Gasteiger charge is 2.38. The quantitative estimate of drug-likeness (QED) is 0.485. The molecule has 0 aliphatic rings. The van der Waals surface area contributed by atoms with Crippen LogP contribution in [0.15, 0.2) is 45.8 Å². The minimum atomic E-state index is -4.78. The summed E-state index contributed by atoms with van der Waals surface area (Å²) in [6, 6.07) is 7.65. The highest BCUT2D eigenvalue weighted by atomic mass is 19.4. The van der Waals surface area contributed by atoms with E-state index in [1.54, 1.807) is 18.2 Å². The van der Waals surface area contributed by atoms with Crippen molar-refractivity contribution in [3.05, 3.63) is 69.6 Å². The zero-order valence-corrected chi connectivity index (χ0v) is 17.2. The van der Waals surface area contributed by atoms with Gasteiger partial charge in [0.2, 0.25) is 0 Å². The largest absolute Gasteiger partial charge is 0.433 e. The third kappa shape index (κ3) is 3.66. The maximum atomic E-state index is 13.7. The summed E-state index contributed by atoms with van der Waals surface area (Å²) in [5, 5.41) is 4.43. The lowest BCUT2D eigenvalue weighted by atomic mass is 10.1. The number of carbonyl (C=O) groups excluding carboxylic acids is 1. The number of aromatic amines is 1. The molecule has 0 aliphatic heterocycles. The van der Waals surface area contributed by atoms with Gasteiger partial charge in [-0.05, 0) is 18.4 Å². The van der Waals surface area contributed by atoms with Crippen molar-refractivity contribution in [2.45, 2.75) is 32.9 Å². The lowest BCUT2D eigenvalue weighted by molar-refractivity contribution is -0.140. The second-order valence-electron chi connectivity index (χ2n) is 7.45. The van der Waals surface area contributed by atoms with Gasteiger partial charge in [-0.3, -0.25) is 20.0 Å². The fourth-order valence-electron chi connectivity index (χ4n) is 3.29. The van der Waals surface area contributed by atoms with Crippen molar-refractivity contribution in [2.24, 2.45) is 0 Å². The normalized spacial score (nSPS) is 12.0. The number of aromatic nitrogens is 4. The van der Waals surface area contributed by atoms with Gasteiger partial charge in [0.15, 0.2) is 5.65 Å². The molecule has 0 saturated carbocycles. The number of anilines is 1. The van der Waals surface area contributed by atoms with E-state index in [-0.39, 0.29) is 34.4 Å². The summed E-state index contributed by atoms with van der Waals surface area (Å²) in [6.45, 7) is 5.14. The highest BCUT2D eigenvalue weighted by Crippen LogP contribution is 2.38. The first kappa shape index (κ1) is 21.3. The predicted molar refractivity (Wildman–Crippen MR) is 110 cm³/mol. The van der Waals surface area contributed by atoms with Gasteiger partial charge in [0.1, 0.15) is 17.5 Å². The average molecular weight is 445 g/mol. The number of hydrogen-bond donors (Lipinski definition) is 2. The number of carbonyl (C=O) groups is 1. The topological polar surface area (TPSA) is 105 Å². The van der Waals surface area contributed by atoms with Crippen molar-refractivity contribution in [3.63, 3.8) is 0 Å². The number of benzene rings is 1. The van der Waals surface area contributed by atoms with Gasteiger partial charge in [-0.2, -0.15) is 22.7 Å². The molecule has 0 atom stereocenters. The molecule has 0 aliphatic carbocycles. The molecule has 2 N–H and O–H groups in total. The molecule has 1 amide bonds. The number of amides is 1. The molecule has 0 unspecified atom stereocenters. The summed E-state index contributed by atoms with van der Waals surface area (Å²) >= 11 is 0. The predicted octanol–water partition coefficient (Wildman–Crippen LogP) is 4.38. The number of hydrogen-bond acceptors (Lipinski definition) is 5. The van der Waals surface area contributed by atoms with Crippen LogP contribution in [0.1, 0.15) is 47.2 Å². The second-order valence-corrected chi connectivity index (χ2v) is 7.45. The smallest absolute Gasteiger partial charge is 0.432 e. The zero-order chi connectivity index (χ0) is 23.2. The number of aryl methyl sites for hydroxylation is 1. The molecule has 4 rings (SSSR count). The van der Waals surface area contributed by atoms with Crippen LogP contribution in [-0.4, -0.2) is 25.5 Å². The fourth-order valence-corrected chi connectivity index (χ4v) is 3.29. The van der Waals surface area contributed by atoms with E-state index in [0.717, 1.165) is 0 Å². The van der Waals surface area contributed by atoms with Crippen molar-refractivity contribution >= 4 is 17.6 Å². The third-order valence-electron chi connectivity index (χ3n) is 4.87. The fraction of sp³-hybridized carbons (Fsp3) is 0.238. The Kier molecular flexibility index (Phi) is 5.11. The van der Waals surface area contributed by atoms with Crippen molar-refractivity contribution in [3.8, 4) is 11.1 Å². The Morgan fingerprint density at radius 2 is 1.88 bits per heavy atom. The Morgan fingerprint density at radius 3 is 2.47 bits per heavy atom. The minimum absolute atomic E-state index is 0.0342. The van der Waals surface area contributed by atoms with E-state index in [0.29, 0.717) is 10.2 Å². The molecule has 8 nitrogen and oxygen atoms in total. The molecule has 0 radical (unpaired) electrons. The molecule has 32 heavy (non-hydrogen) atoms. The Labute approximate surface area is 179 Å². The molecule has 0 fully saturated rings. The van der Waals surface area contributed by atoms with Gasteiger partial charge in [0.05, 0.1) is 17.0 Å². The monoisotopic (exact) mass is 445 g/mol. The van der Waals surface area contributed by atoms with Crippen LogP contribution in [0.3, 0.4) is 0 Å². The van der Waals surface area contributed by atoms with Gasteiger partial charge in [0, 0.05) is 0 Å². The first-order valence-corrected chi connectivity index (χ1v) is 9.62. The molecule has 3 heterocycles. The second kappa shape index (κ2) is 7.66. The highest BCUT2D eigenvalue weighted by molar-refractivity contribution is 6.04. The van der Waals surface area contributed by atoms with Crippen LogP contribution in [0.2, 0.25) is 0 Å². The summed E-state index contributed by atoms with van der Waals surface area (Å²) in [6.07, 6.45) is -3.42. The lowest BCUT2D eigenvalue weighted by Crippen LogP contribution is -2.29. The van der Waals surface area contributed by atoms with Crippen LogP contribution in [0.4, 0.5) is 19.2 Å². The van der Waals surface area contributed by atoms with E-state index in [9.17, 15) is 22.8 Å². The van der Waals surface area contributed by atoms with E-state index in [1.807, 2.05) is 13.8 Å². The summed E-state index contributed by atoms with van der Waals surface area (Å²) < 4.78 is 47.0. The molecule has 3 aromatic heterocycles. The van der Waals surface area contributed by atoms with Crippen molar-refractivity contribution in [2.75, 3.05) is 5.32 Å². The van der Waals surface area contributed by atoms with Crippen molar-refractivity contribution in [1.29, 1.82) is 0 Å². The number of fused-ring (bicyclic) bond motifs is 1. The average Bonchev–Trinajstić information content (AvgIpc) is 3.33. The van der Waals surface area contributed by atoms with Crippen LogP contribution in [0, 0.1) is 6.92 Å². The summed E-state index contributed by atoms with van der Waals surface area (Å²) in [5.41, 5.74) is -2.28. The minimum Gasteiger partial charge on any atom is -0.432 e. The molecule has 166 valence electrons. The molecule has 1 aromatic carbocycles. The molecule has 0 bridgehead atoms. The summed E-state index contributed by atoms with van der Waals surface area (Å²) in [4.78, 5) is 34.0. The SMILES string of the molecule is Cc1nc2c(-c3ccccc3)c(C(F)(F)F)[nH]n2c(=O)c1C(=O)Nc1nc(C(C)C)co1. The Balaban J connectivity index is 1.86. The van der Waals surface area contributed by atoms with E-state index in [4.69, 9.17) is 4.42 Å². The van der Waals surface area contributed by atoms with Crippen LogP contribution in [0.25, 0.3) is 16.8 Å². The number of nitrogens with one attached hydrogen (secondary N) is 2. The number of alkyl halides is 3. The first-order valence-electron chi connectivity index (χ1n) is 9.62. The standard InChI is InChI=1S/C21H18F3N5O3/c1-10(2)13-9-32-20(26-13)27-18(30)14-11(3)25-17-15(12-7-5-4-6-8-12)16(21(22,23)24)28-29(17)19(14)31/h4-10,28H,1-3H3,(H,26,27,30). The van der Waals surface area contributed by atoms with Gasteiger partial charge in [0.25, 0.3) is 11.5 Å². The number of oxazole rings is 1.